The number of imidazole rings is 1. The van der Waals surface area contributed by atoms with Gasteiger partial charge in [0.2, 0.25) is 0 Å². The van der Waals surface area contributed by atoms with E-state index in [4.69, 9.17) is 4.74 Å². The molecule has 0 atom stereocenters. The summed E-state index contributed by atoms with van der Waals surface area (Å²) in [4.78, 5) is 33.9. The Balaban J connectivity index is 2.36. The van der Waals surface area contributed by atoms with E-state index in [1.807, 2.05) is 20.8 Å². The van der Waals surface area contributed by atoms with Crippen LogP contribution < -0.4 is 11.2 Å². The SMILES string of the molecule is CC(C)(C)OCc1nc2[nH]c(=O)[nH]c(=O)c2[nH]1. The third-order valence-corrected chi connectivity index (χ3v) is 2.08. The predicted octanol–water partition coefficient (Wildman–Crippen LogP) is 0.255. The first-order valence-electron chi connectivity index (χ1n) is 5.20. The Kier molecular flexibility index (Phi) is 2.62. The van der Waals surface area contributed by atoms with Crippen LogP contribution in [-0.4, -0.2) is 25.5 Å². The highest BCUT2D eigenvalue weighted by Crippen LogP contribution is 2.10. The molecule has 2 aromatic rings. The molecule has 92 valence electrons. The summed E-state index contributed by atoms with van der Waals surface area (Å²) in [6.07, 6.45) is 0. The number of aromatic nitrogens is 4. The van der Waals surface area contributed by atoms with Crippen LogP contribution in [0.5, 0.6) is 0 Å². The maximum atomic E-state index is 11.4. The van der Waals surface area contributed by atoms with E-state index in [0.29, 0.717) is 5.82 Å². The number of nitrogens with one attached hydrogen (secondary N) is 3. The third-order valence-electron chi connectivity index (χ3n) is 2.08. The van der Waals surface area contributed by atoms with Crippen LogP contribution >= 0.6 is 0 Å². The summed E-state index contributed by atoms with van der Waals surface area (Å²) >= 11 is 0. The molecule has 3 N–H and O–H groups in total. The van der Waals surface area contributed by atoms with Crippen molar-refractivity contribution in [3.8, 4) is 0 Å². The maximum absolute atomic E-state index is 11.4. The zero-order valence-corrected chi connectivity index (χ0v) is 9.88. The monoisotopic (exact) mass is 238 g/mol. The van der Waals surface area contributed by atoms with Crippen molar-refractivity contribution in [3.05, 3.63) is 26.7 Å². The maximum Gasteiger partial charge on any atom is 0.327 e. The van der Waals surface area contributed by atoms with Gasteiger partial charge in [0.15, 0.2) is 5.65 Å². The van der Waals surface area contributed by atoms with Gasteiger partial charge < -0.3 is 9.72 Å². The Morgan fingerprint density at radius 3 is 2.53 bits per heavy atom. The molecule has 0 saturated heterocycles. The van der Waals surface area contributed by atoms with Crippen LogP contribution in [0.3, 0.4) is 0 Å². The Labute approximate surface area is 96.2 Å². The summed E-state index contributed by atoms with van der Waals surface area (Å²) in [6, 6.07) is 0. The highest BCUT2D eigenvalue weighted by atomic mass is 16.5. The Morgan fingerprint density at radius 2 is 1.88 bits per heavy atom. The molecule has 0 spiro atoms. The fourth-order valence-electron chi connectivity index (χ4n) is 1.33. The number of hydrogen-bond acceptors (Lipinski definition) is 4. The molecule has 0 aromatic carbocycles. The first-order valence-corrected chi connectivity index (χ1v) is 5.20. The third kappa shape index (κ3) is 2.62. The number of rotatable bonds is 2. The summed E-state index contributed by atoms with van der Waals surface area (Å²) in [7, 11) is 0. The van der Waals surface area contributed by atoms with E-state index in [-0.39, 0.29) is 23.4 Å². The number of H-pyrrole nitrogens is 3. The minimum Gasteiger partial charge on any atom is -0.368 e. The Bertz CT molecular complexity index is 644. The van der Waals surface area contributed by atoms with Crippen LogP contribution in [0.2, 0.25) is 0 Å². The fraction of sp³-hybridized carbons (Fsp3) is 0.500. The average molecular weight is 238 g/mol. The molecule has 17 heavy (non-hydrogen) atoms. The molecular formula is C10H14N4O3. The summed E-state index contributed by atoms with van der Waals surface area (Å²) in [5.41, 5.74) is -0.863. The molecule has 0 saturated carbocycles. The largest absolute Gasteiger partial charge is 0.368 e. The van der Waals surface area contributed by atoms with Gasteiger partial charge in [0.25, 0.3) is 5.56 Å². The van der Waals surface area contributed by atoms with Crippen LogP contribution in [0.1, 0.15) is 26.6 Å². The van der Waals surface area contributed by atoms with Gasteiger partial charge in [-0.15, -0.1) is 0 Å². The van der Waals surface area contributed by atoms with Gasteiger partial charge in [-0.2, -0.15) is 0 Å². The number of fused-ring (bicyclic) bond motifs is 1. The molecule has 2 heterocycles. The minimum absolute atomic E-state index is 0.242. The second-order valence-electron chi connectivity index (χ2n) is 4.72. The van der Waals surface area contributed by atoms with Crippen molar-refractivity contribution in [2.24, 2.45) is 0 Å². The molecule has 7 heteroatoms. The van der Waals surface area contributed by atoms with Crippen molar-refractivity contribution in [2.75, 3.05) is 0 Å². The summed E-state index contributed by atoms with van der Waals surface area (Å²) in [6.45, 7) is 6.01. The van der Waals surface area contributed by atoms with Crippen molar-refractivity contribution in [3.63, 3.8) is 0 Å². The van der Waals surface area contributed by atoms with Gasteiger partial charge in [-0.05, 0) is 20.8 Å². The molecule has 0 aliphatic heterocycles. The molecule has 0 radical (unpaired) electrons. The van der Waals surface area contributed by atoms with Crippen molar-refractivity contribution in [1.82, 2.24) is 19.9 Å². The number of hydrogen-bond donors (Lipinski definition) is 3. The smallest absolute Gasteiger partial charge is 0.327 e. The quantitative estimate of drug-likeness (QED) is 0.697. The normalized spacial score (nSPS) is 12.2. The molecule has 2 rings (SSSR count). The van der Waals surface area contributed by atoms with Crippen molar-refractivity contribution in [1.29, 1.82) is 0 Å². The van der Waals surface area contributed by atoms with E-state index < -0.39 is 11.2 Å². The summed E-state index contributed by atoms with van der Waals surface area (Å²) in [5.74, 6) is 0.502. The lowest BCUT2D eigenvalue weighted by Crippen LogP contribution is -2.21. The molecule has 7 nitrogen and oxygen atoms in total. The molecule has 0 bridgehead atoms. The highest BCUT2D eigenvalue weighted by molar-refractivity contribution is 5.68. The first-order chi connectivity index (χ1) is 7.85. The van der Waals surface area contributed by atoms with Crippen LogP contribution in [-0.2, 0) is 11.3 Å². The van der Waals surface area contributed by atoms with E-state index in [1.165, 1.54) is 0 Å². The van der Waals surface area contributed by atoms with Gasteiger partial charge in [0.1, 0.15) is 17.9 Å². The topological polar surface area (TPSA) is 104 Å². The van der Waals surface area contributed by atoms with Gasteiger partial charge in [0.05, 0.1) is 5.60 Å². The lowest BCUT2D eigenvalue weighted by Gasteiger charge is -2.18. The number of ether oxygens (including phenoxy) is 1. The van der Waals surface area contributed by atoms with Gasteiger partial charge >= 0.3 is 5.69 Å². The second kappa shape index (κ2) is 3.85. The summed E-state index contributed by atoms with van der Waals surface area (Å²) in [5, 5.41) is 0. The molecule has 2 aromatic heterocycles. The van der Waals surface area contributed by atoms with Crippen molar-refractivity contribution in [2.45, 2.75) is 33.0 Å². The van der Waals surface area contributed by atoms with Crippen molar-refractivity contribution >= 4 is 11.2 Å². The molecule has 0 aliphatic carbocycles. The molecule has 0 amide bonds. The molecule has 0 aliphatic rings. The first kappa shape index (κ1) is 11.6. The highest BCUT2D eigenvalue weighted by Gasteiger charge is 2.13. The Hall–Kier alpha value is -1.89. The minimum atomic E-state index is -0.572. The zero-order chi connectivity index (χ0) is 12.6. The van der Waals surface area contributed by atoms with Crippen LogP contribution in [0.25, 0.3) is 11.2 Å². The van der Waals surface area contributed by atoms with Gasteiger partial charge in [0, 0.05) is 0 Å². The van der Waals surface area contributed by atoms with Crippen molar-refractivity contribution < 1.29 is 4.74 Å². The van der Waals surface area contributed by atoms with Crippen LogP contribution in [0.4, 0.5) is 0 Å². The van der Waals surface area contributed by atoms with E-state index in [1.54, 1.807) is 0 Å². The van der Waals surface area contributed by atoms with Gasteiger partial charge in [-0.3, -0.25) is 14.8 Å². The van der Waals surface area contributed by atoms with E-state index in [2.05, 4.69) is 19.9 Å². The standard InChI is InChI=1S/C10H14N4O3/c1-10(2,3)17-4-5-11-6-7(12-5)13-9(16)14-8(6)15/h4H2,1-3H3,(H3,11,12,13,14,15,16). The van der Waals surface area contributed by atoms with Crippen LogP contribution in [0.15, 0.2) is 9.59 Å². The van der Waals surface area contributed by atoms with Crippen LogP contribution in [0, 0.1) is 0 Å². The fourth-order valence-corrected chi connectivity index (χ4v) is 1.33. The lowest BCUT2D eigenvalue weighted by atomic mass is 10.2. The Morgan fingerprint density at radius 1 is 1.18 bits per heavy atom. The zero-order valence-electron chi connectivity index (χ0n) is 9.88. The predicted molar refractivity (Wildman–Crippen MR) is 61.9 cm³/mol. The number of aromatic amines is 3. The van der Waals surface area contributed by atoms with Gasteiger partial charge in [-0.25, -0.2) is 9.78 Å². The van der Waals surface area contributed by atoms with E-state index in [9.17, 15) is 9.59 Å². The van der Waals surface area contributed by atoms with E-state index in [0.717, 1.165) is 0 Å². The number of nitrogens with zero attached hydrogens (tertiary/aromatic N) is 1. The average Bonchev–Trinajstić information content (AvgIpc) is 2.56. The van der Waals surface area contributed by atoms with Gasteiger partial charge in [-0.1, -0.05) is 0 Å². The molecule has 0 fully saturated rings. The second-order valence-corrected chi connectivity index (χ2v) is 4.72. The molecule has 0 unspecified atom stereocenters. The molecular weight excluding hydrogens is 224 g/mol. The van der Waals surface area contributed by atoms with E-state index >= 15 is 0 Å². The summed E-state index contributed by atoms with van der Waals surface area (Å²) < 4.78 is 5.52. The lowest BCUT2D eigenvalue weighted by molar-refractivity contribution is -0.0177.